The van der Waals surface area contributed by atoms with Crippen LogP contribution in [0.25, 0.3) is 16.6 Å². The van der Waals surface area contributed by atoms with Gasteiger partial charge in [-0.15, -0.1) is 0 Å². The fraction of sp³-hybridized carbons (Fsp3) is 0.120. The molecule has 166 valence electrons. The van der Waals surface area contributed by atoms with Crippen molar-refractivity contribution in [2.75, 3.05) is 13.1 Å². The van der Waals surface area contributed by atoms with Gasteiger partial charge in [-0.05, 0) is 67.6 Å². The molecule has 0 bridgehead atoms. The van der Waals surface area contributed by atoms with Gasteiger partial charge < -0.3 is 10.6 Å². The Morgan fingerprint density at radius 2 is 1.39 bits per heavy atom. The van der Waals surface area contributed by atoms with Gasteiger partial charge in [-0.25, -0.2) is 4.98 Å². The van der Waals surface area contributed by atoms with E-state index < -0.39 is 0 Å². The van der Waals surface area contributed by atoms with Gasteiger partial charge in [0.1, 0.15) is 5.82 Å². The van der Waals surface area contributed by atoms with Crippen LogP contribution in [0, 0.1) is 6.92 Å². The second kappa shape index (κ2) is 9.67. The van der Waals surface area contributed by atoms with Crippen LogP contribution < -0.4 is 16.2 Å². The number of hydrogen-bond donors (Lipinski definition) is 2. The molecule has 0 radical (unpaired) electrons. The SMILES string of the molecule is Cc1nc2ccccc2c(=O)n1-c1ccc(C(=O)NCCNC(=O)c2ccc(Cl)cc2)cc1. The minimum Gasteiger partial charge on any atom is -0.350 e. The lowest BCUT2D eigenvalue weighted by atomic mass is 10.2. The molecule has 8 heteroatoms. The summed E-state index contributed by atoms with van der Waals surface area (Å²) in [5, 5.41) is 6.60. The van der Waals surface area contributed by atoms with Crippen LogP contribution in [0.15, 0.2) is 77.6 Å². The molecule has 4 rings (SSSR count). The predicted molar refractivity (Wildman–Crippen MR) is 128 cm³/mol. The average Bonchev–Trinajstić information content (AvgIpc) is 2.82. The quantitative estimate of drug-likeness (QED) is 0.431. The van der Waals surface area contributed by atoms with Gasteiger partial charge in [0.2, 0.25) is 0 Å². The van der Waals surface area contributed by atoms with Crippen molar-refractivity contribution in [1.82, 2.24) is 20.2 Å². The zero-order valence-corrected chi connectivity index (χ0v) is 18.6. The number of amides is 2. The Morgan fingerprint density at radius 3 is 2.00 bits per heavy atom. The van der Waals surface area contributed by atoms with Crippen LogP contribution in [0.5, 0.6) is 0 Å². The maximum absolute atomic E-state index is 12.9. The maximum Gasteiger partial charge on any atom is 0.265 e. The molecule has 3 aromatic carbocycles. The molecule has 2 amide bonds. The summed E-state index contributed by atoms with van der Waals surface area (Å²) in [6, 6.07) is 20.5. The molecule has 7 nitrogen and oxygen atoms in total. The molecular weight excluding hydrogens is 440 g/mol. The highest BCUT2D eigenvalue weighted by atomic mass is 35.5. The van der Waals surface area contributed by atoms with Gasteiger partial charge in [-0.1, -0.05) is 23.7 Å². The first-order chi connectivity index (χ1) is 15.9. The Kier molecular flexibility index (Phi) is 6.51. The van der Waals surface area contributed by atoms with E-state index >= 15 is 0 Å². The van der Waals surface area contributed by atoms with Crippen LogP contribution >= 0.6 is 11.6 Å². The van der Waals surface area contributed by atoms with Crippen molar-refractivity contribution in [2.24, 2.45) is 0 Å². The average molecular weight is 461 g/mol. The smallest absolute Gasteiger partial charge is 0.265 e. The number of aromatic nitrogens is 2. The van der Waals surface area contributed by atoms with Gasteiger partial charge in [-0.3, -0.25) is 19.0 Å². The summed E-state index contributed by atoms with van der Waals surface area (Å²) in [6.07, 6.45) is 0. The Morgan fingerprint density at radius 1 is 0.848 bits per heavy atom. The number of nitrogens with one attached hydrogen (secondary N) is 2. The lowest BCUT2D eigenvalue weighted by molar-refractivity contribution is 0.0927. The Bertz CT molecular complexity index is 1380. The maximum atomic E-state index is 12.9. The zero-order chi connectivity index (χ0) is 23.4. The molecule has 1 aromatic heterocycles. The highest BCUT2D eigenvalue weighted by Crippen LogP contribution is 2.14. The second-order valence-electron chi connectivity index (χ2n) is 7.38. The van der Waals surface area contributed by atoms with Crippen molar-refractivity contribution >= 4 is 34.3 Å². The highest BCUT2D eigenvalue weighted by molar-refractivity contribution is 6.30. The summed E-state index contributed by atoms with van der Waals surface area (Å²) in [4.78, 5) is 41.9. The molecule has 0 spiro atoms. The van der Waals surface area contributed by atoms with Crippen molar-refractivity contribution in [3.05, 3.63) is 105 Å². The van der Waals surface area contributed by atoms with Crippen molar-refractivity contribution in [1.29, 1.82) is 0 Å². The highest BCUT2D eigenvalue weighted by Gasteiger charge is 2.11. The van der Waals surface area contributed by atoms with E-state index in [0.717, 1.165) is 0 Å². The van der Waals surface area contributed by atoms with Gasteiger partial charge in [-0.2, -0.15) is 0 Å². The molecule has 0 atom stereocenters. The molecule has 0 aliphatic heterocycles. The minimum atomic E-state index is -0.275. The van der Waals surface area contributed by atoms with E-state index in [9.17, 15) is 14.4 Å². The van der Waals surface area contributed by atoms with Crippen LogP contribution in [0.2, 0.25) is 5.02 Å². The number of carbonyl (C=O) groups excluding carboxylic acids is 2. The number of aryl methyl sites for hydroxylation is 1. The van der Waals surface area contributed by atoms with Crippen LogP contribution in [0.4, 0.5) is 0 Å². The van der Waals surface area contributed by atoms with Crippen LogP contribution in [-0.2, 0) is 0 Å². The zero-order valence-electron chi connectivity index (χ0n) is 17.8. The van der Waals surface area contributed by atoms with Gasteiger partial charge >= 0.3 is 0 Å². The largest absolute Gasteiger partial charge is 0.350 e. The van der Waals surface area contributed by atoms with Crippen molar-refractivity contribution < 1.29 is 9.59 Å². The fourth-order valence-corrected chi connectivity index (χ4v) is 3.59. The molecule has 4 aromatic rings. The van der Waals surface area contributed by atoms with E-state index in [1.54, 1.807) is 73.7 Å². The molecule has 0 unspecified atom stereocenters. The molecule has 1 heterocycles. The van der Waals surface area contributed by atoms with E-state index in [2.05, 4.69) is 15.6 Å². The molecule has 0 aliphatic rings. The predicted octanol–water partition coefficient (Wildman–Crippen LogP) is 3.51. The standard InChI is InChI=1S/C25H21ClN4O3/c1-16-29-22-5-3-2-4-21(22)25(33)30(16)20-12-8-18(9-13-20)24(32)28-15-14-27-23(31)17-6-10-19(26)11-7-17/h2-13H,14-15H2,1H3,(H,27,31)(H,28,32). The lowest BCUT2D eigenvalue weighted by Gasteiger charge is -2.12. The molecule has 0 saturated carbocycles. The number of fused-ring (bicyclic) bond motifs is 1. The summed E-state index contributed by atoms with van der Waals surface area (Å²) >= 11 is 5.82. The minimum absolute atomic E-state index is 0.160. The Balaban J connectivity index is 1.38. The van der Waals surface area contributed by atoms with Gasteiger partial charge in [0.05, 0.1) is 16.6 Å². The first kappa shape index (κ1) is 22.2. The monoisotopic (exact) mass is 460 g/mol. The summed E-state index contributed by atoms with van der Waals surface area (Å²) in [7, 11) is 0. The number of carbonyl (C=O) groups is 2. The third-order valence-electron chi connectivity index (χ3n) is 5.13. The normalized spacial score (nSPS) is 10.7. The number of halogens is 1. The van der Waals surface area contributed by atoms with Gasteiger partial charge in [0.15, 0.2) is 0 Å². The molecule has 2 N–H and O–H groups in total. The summed E-state index contributed by atoms with van der Waals surface area (Å²) in [5.41, 5.74) is 2.06. The number of nitrogens with zero attached hydrogens (tertiary/aromatic N) is 2. The summed E-state index contributed by atoms with van der Waals surface area (Å²) < 4.78 is 1.52. The van der Waals surface area contributed by atoms with E-state index in [-0.39, 0.29) is 30.5 Å². The van der Waals surface area contributed by atoms with E-state index in [1.807, 2.05) is 6.07 Å². The van der Waals surface area contributed by atoms with Crippen LogP contribution in [-0.4, -0.2) is 34.5 Å². The van der Waals surface area contributed by atoms with Crippen molar-refractivity contribution in [2.45, 2.75) is 6.92 Å². The third kappa shape index (κ3) is 4.94. The molecule has 0 aliphatic carbocycles. The topological polar surface area (TPSA) is 93.1 Å². The summed E-state index contributed by atoms with van der Waals surface area (Å²) in [6.45, 7) is 2.32. The van der Waals surface area contributed by atoms with E-state index in [0.29, 0.717) is 38.6 Å². The summed E-state index contributed by atoms with van der Waals surface area (Å²) in [5.74, 6) is 0.0467. The number of para-hydroxylation sites is 1. The molecular formula is C25H21ClN4O3. The van der Waals surface area contributed by atoms with Crippen LogP contribution in [0.3, 0.4) is 0 Å². The Labute approximate surface area is 195 Å². The molecule has 0 saturated heterocycles. The van der Waals surface area contributed by atoms with Crippen LogP contribution in [0.1, 0.15) is 26.5 Å². The number of hydrogen-bond acceptors (Lipinski definition) is 4. The van der Waals surface area contributed by atoms with Crippen molar-refractivity contribution in [3.8, 4) is 5.69 Å². The molecule has 33 heavy (non-hydrogen) atoms. The van der Waals surface area contributed by atoms with Gasteiger partial charge in [0, 0.05) is 29.2 Å². The number of rotatable bonds is 6. The Hall–Kier alpha value is -3.97. The van der Waals surface area contributed by atoms with Crippen molar-refractivity contribution in [3.63, 3.8) is 0 Å². The fourth-order valence-electron chi connectivity index (χ4n) is 3.47. The molecule has 0 fully saturated rings. The van der Waals surface area contributed by atoms with E-state index in [4.69, 9.17) is 11.6 Å². The van der Waals surface area contributed by atoms with E-state index in [1.165, 1.54) is 4.57 Å². The van der Waals surface area contributed by atoms with Gasteiger partial charge in [0.25, 0.3) is 17.4 Å². The first-order valence-electron chi connectivity index (χ1n) is 10.3. The third-order valence-corrected chi connectivity index (χ3v) is 5.39. The lowest BCUT2D eigenvalue weighted by Crippen LogP contribution is -2.34. The second-order valence-corrected chi connectivity index (χ2v) is 7.82. The number of benzene rings is 3. The first-order valence-corrected chi connectivity index (χ1v) is 10.7.